The summed E-state index contributed by atoms with van der Waals surface area (Å²) in [6.45, 7) is 3.54. The molecular formula is C27H34N4O2. The number of amides is 2. The summed E-state index contributed by atoms with van der Waals surface area (Å²) in [5.74, 6) is 0.551. The molecule has 33 heavy (non-hydrogen) atoms. The van der Waals surface area contributed by atoms with E-state index in [1.807, 2.05) is 35.2 Å². The third-order valence-corrected chi connectivity index (χ3v) is 6.69. The Morgan fingerprint density at radius 3 is 2.33 bits per heavy atom. The normalized spacial score (nSPS) is 20.5. The Morgan fingerprint density at radius 2 is 1.61 bits per heavy atom. The molecule has 1 aromatic heterocycles. The van der Waals surface area contributed by atoms with Gasteiger partial charge in [0.05, 0.1) is 11.8 Å². The number of hydrogen-bond acceptors (Lipinski definition) is 4. The summed E-state index contributed by atoms with van der Waals surface area (Å²) < 4.78 is 0. The summed E-state index contributed by atoms with van der Waals surface area (Å²) in [6.07, 6.45) is 10.2. The lowest BCUT2D eigenvalue weighted by Crippen LogP contribution is -2.52. The van der Waals surface area contributed by atoms with Crippen LogP contribution in [0.2, 0.25) is 0 Å². The molecule has 2 unspecified atom stereocenters. The summed E-state index contributed by atoms with van der Waals surface area (Å²) in [5, 5.41) is 3.09. The molecule has 0 spiro atoms. The van der Waals surface area contributed by atoms with Gasteiger partial charge >= 0.3 is 0 Å². The maximum Gasteiger partial charge on any atom is 0.226 e. The van der Waals surface area contributed by atoms with E-state index in [9.17, 15) is 9.59 Å². The van der Waals surface area contributed by atoms with E-state index in [2.05, 4.69) is 45.5 Å². The van der Waals surface area contributed by atoms with Gasteiger partial charge in [0, 0.05) is 38.9 Å². The lowest BCUT2D eigenvalue weighted by Gasteiger charge is -2.38. The van der Waals surface area contributed by atoms with Gasteiger partial charge in [0.25, 0.3) is 0 Å². The number of benzene rings is 1. The van der Waals surface area contributed by atoms with Gasteiger partial charge in [0.2, 0.25) is 11.8 Å². The van der Waals surface area contributed by atoms with Crippen LogP contribution in [0.15, 0.2) is 66.9 Å². The molecular weight excluding hydrogens is 412 g/mol. The van der Waals surface area contributed by atoms with Gasteiger partial charge in [-0.05, 0) is 49.8 Å². The van der Waals surface area contributed by atoms with E-state index in [4.69, 9.17) is 0 Å². The van der Waals surface area contributed by atoms with Crippen LogP contribution in [-0.4, -0.2) is 54.4 Å². The molecule has 0 saturated carbocycles. The zero-order chi connectivity index (χ0) is 22.9. The van der Waals surface area contributed by atoms with Crippen molar-refractivity contribution in [3.63, 3.8) is 0 Å². The first kappa shape index (κ1) is 23.0. The Balaban J connectivity index is 1.24. The SMILES string of the molecule is O=C(NCCCCc1ccccc1)C1CC=CCC1C(=O)N1CCN(c2ccccn2)CC1. The quantitative estimate of drug-likeness (QED) is 0.498. The average molecular weight is 447 g/mol. The summed E-state index contributed by atoms with van der Waals surface area (Å²) in [4.78, 5) is 34.8. The van der Waals surface area contributed by atoms with Crippen LogP contribution in [0.25, 0.3) is 0 Å². The van der Waals surface area contributed by atoms with Crippen LogP contribution >= 0.6 is 0 Å². The minimum atomic E-state index is -0.273. The highest BCUT2D eigenvalue weighted by molar-refractivity contribution is 5.88. The van der Waals surface area contributed by atoms with Crippen molar-refractivity contribution >= 4 is 17.6 Å². The van der Waals surface area contributed by atoms with E-state index >= 15 is 0 Å². The molecule has 1 N–H and O–H groups in total. The number of nitrogens with zero attached hydrogens (tertiary/aromatic N) is 3. The van der Waals surface area contributed by atoms with Crippen molar-refractivity contribution in [2.45, 2.75) is 32.1 Å². The van der Waals surface area contributed by atoms with E-state index in [-0.39, 0.29) is 23.7 Å². The molecule has 1 fully saturated rings. The molecule has 6 nitrogen and oxygen atoms in total. The van der Waals surface area contributed by atoms with Crippen molar-refractivity contribution in [1.82, 2.24) is 15.2 Å². The van der Waals surface area contributed by atoms with Gasteiger partial charge in [-0.25, -0.2) is 4.98 Å². The van der Waals surface area contributed by atoms with Crippen LogP contribution in [-0.2, 0) is 16.0 Å². The standard InChI is InChI=1S/C27H34N4O2/c32-26(29-17-8-6-12-22-10-2-1-3-11-22)23-13-4-5-14-24(23)27(33)31-20-18-30(19-21-31)25-15-7-9-16-28-25/h1-5,7,9-11,15-16,23-24H,6,8,12-14,17-21H2,(H,29,32). The zero-order valence-electron chi connectivity index (χ0n) is 19.2. The fourth-order valence-electron chi connectivity index (χ4n) is 4.75. The molecule has 0 bridgehead atoms. The summed E-state index contributed by atoms with van der Waals surface area (Å²) in [6, 6.07) is 16.3. The van der Waals surface area contributed by atoms with Crippen molar-refractivity contribution in [3.8, 4) is 0 Å². The number of unbranched alkanes of at least 4 members (excludes halogenated alkanes) is 1. The molecule has 0 radical (unpaired) electrons. The lowest BCUT2D eigenvalue weighted by molar-refractivity contribution is -0.142. The predicted molar refractivity (Wildman–Crippen MR) is 131 cm³/mol. The Kier molecular flexibility index (Phi) is 8.12. The maximum absolute atomic E-state index is 13.3. The number of anilines is 1. The molecule has 1 aromatic carbocycles. The largest absolute Gasteiger partial charge is 0.356 e. The highest BCUT2D eigenvalue weighted by Gasteiger charge is 2.37. The number of aryl methyl sites for hydroxylation is 1. The monoisotopic (exact) mass is 446 g/mol. The number of hydrogen-bond donors (Lipinski definition) is 1. The second kappa shape index (κ2) is 11.6. The van der Waals surface area contributed by atoms with Crippen LogP contribution in [0, 0.1) is 11.8 Å². The maximum atomic E-state index is 13.3. The summed E-state index contributed by atoms with van der Waals surface area (Å²) in [5.41, 5.74) is 1.33. The van der Waals surface area contributed by atoms with Crippen molar-refractivity contribution in [2.75, 3.05) is 37.6 Å². The van der Waals surface area contributed by atoms with E-state index in [0.29, 0.717) is 32.5 Å². The van der Waals surface area contributed by atoms with Crippen molar-refractivity contribution < 1.29 is 9.59 Å². The molecule has 4 rings (SSSR count). The first-order valence-corrected chi connectivity index (χ1v) is 12.1. The molecule has 1 saturated heterocycles. The van der Waals surface area contributed by atoms with Gasteiger partial charge in [0.15, 0.2) is 0 Å². The van der Waals surface area contributed by atoms with Crippen LogP contribution in [0.5, 0.6) is 0 Å². The molecule has 2 amide bonds. The zero-order valence-corrected chi connectivity index (χ0v) is 19.2. The van der Waals surface area contributed by atoms with Crippen LogP contribution in [0.3, 0.4) is 0 Å². The molecule has 2 atom stereocenters. The van der Waals surface area contributed by atoms with Crippen LogP contribution < -0.4 is 10.2 Å². The number of piperazine rings is 1. The minimum Gasteiger partial charge on any atom is -0.356 e. The van der Waals surface area contributed by atoms with Gasteiger partial charge in [-0.15, -0.1) is 0 Å². The molecule has 1 aliphatic carbocycles. The fourth-order valence-corrected chi connectivity index (χ4v) is 4.75. The number of allylic oxidation sites excluding steroid dienone is 2. The summed E-state index contributed by atoms with van der Waals surface area (Å²) in [7, 11) is 0. The highest BCUT2D eigenvalue weighted by Crippen LogP contribution is 2.28. The lowest BCUT2D eigenvalue weighted by atomic mass is 9.81. The van der Waals surface area contributed by atoms with E-state index in [1.165, 1.54) is 5.56 Å². The molecule has 2 aromatic rings. The smallest absolute Gasteiger partial charge is 0.226 e. The van der Waals surface area contributed by atoms with Gasteiger partial charge in [0.1, 0.15) is 5.82 Å². The molecule has 174 valence electrons. The van der Waals surface area contributed by atoms with Crippen LogP contribution in [0.1, 0.15) is 31.2 Å². The summed E-state index contributed by atoms with van der Waals surface area (Å²) >= 11 is 0. The third-order valence-electron chi connectivity index (χ3n) is 6.69. The van der Waals surface area contributed by atoms with Crippen molar-refractivity contribution in [1.29, 1.82) is 0 Å². The van der Waals surface area contributed by atoms with Crippen molar-refractivity contribution in [2.24, 2.45) is 11.8 Å². The predicted octanol–water partition coefficient (Wildman–Crippen LogP) is 3.45. The molecule has 1 aliphatic heterocycles. The Hall–Kier alpha value is -3.15. The molecule has 2 heterocycles. The minimum absolute atomic E-state index is 0.0181. The fraction of sp³-hybridized carbons (Fsp3) is 0.444. The van der Waals surface area contributed by atoms with Gasteiger partial charge in [-0.2, -0.15) is 0 Å². The first-order chi connectivity index (χ1) is 16.2. The van der Waals surface area contributed by atoms with E-state index < -0.39 is 0 Å². The van der Waals surface area contributed by atoms with Gasteiger partial charge < -0.3 is 15.1 Å². The van der Waals surface area contributed by atoms with Gasteiger partial charge in [-0.1, -0.05) is 48.6 Å². The third kappa shape index (κ3) is 6.21. The first-order valence-electron chi connectivity index (χ1n) is 12.1. The Labute approximate surface area is 196 Å². The van der Waals surface area contributed by atoms with Crippen LogP contribution in [0.4, 0.5) is 5.82 Å². The Bertz CT molecular complexity index is 924. The number of carbonyl (C=O) groups is 2. The van der Waals surface area contributed by atoms with Gasteiger partial charge in [-0.3, -0.25) is 9.59 Å². The van der Waals surface area contributed by atoms with Crippen molar-refractivity contribution in [3.05, 3.63) is 72.4 Å². The Morgan fingerprint density at radius 1 is 0.879 bits per heavy atom. The second-order valence-electron chi connectivity index (χ2n) is 8.89. The number of pyridine rings is 1. The van der Waals surface area contributed by atoms with E-state index in [1.54, 1.807) is 6.20 Å². The number of carbonyl (C=O) groups excluding carboxylic acids is 2. The molecule has 2 aliphatic rings. The highest BCUT2D eigenvalue weighted by atomic mass is 16.2. The van der Waals surface area contributed by atoms with E-state index in [0.717, 1.165) is 38.2 Å². The number of rotatable bonds is 8. The molecule has 6 heteroatoms. The number of aromatic nitrogens is 1. The number of nitrogens with one attached hydrogen (secondary N) is 1. The average Bonchev–Trinajstić information content (AvgIpc) is 2.89. The second-order valence-corrected chi connectivity index (χ2v) is 8.89. The topological polar surface area (TPSA) is 65.5 Å².